The summed E-state index contributed by atoms with van der Waals surface area (Å²) >= 11 is 1.21. The van der Waals surface area contributed by atoms with E-state index in [2.05, 4.69) is 0 Å². The molecule has 108 valence electrons. The second-order valence-electron chi connectivity index (χ2n) is 4.70. The molecule has 0 aliphatic carbocycles. The number of hydrogen-bond donors (Lipinski definition) is 1. The van der Waals surface area contributed by atoms with Gasteiger partial charge < -0.3 is 0 Å². The van der Waals surface area contributed by atoms with Crippen LogP contribution >= 0.6 is 11.5 Å². The van der Waals surface area contributed by atoms with Crippen LogP contribution in [-0.4, -0.2) is 12.4 Å². The van der Waals surface area contributed by atoms with Crippen molar-refractivity contribution in [3.8, 4) is 5.69 Å². The van der Waals surface area contributed by atoms with Gasteiger partial charge in [-0.1, -0.05) is 29.7 Å². The predicted molar refractivity (Wildman–Crippen MR) is 83.5 cm³/mol. The molecule has 3 aromatic rings. The number of primary sulfonamides is 1. The first-order chi connectivity index (χ1) is 9.88. The first-order valence-corrected chi connectivity index (χ1v) is 8.45. The highest BCUT2D eigenvalue weighted by Gasteiger charge is 2.18. The summed E-state index contributed by atoms with van der Waals surface area (Å²) in [4.78, 5) is 12.4. The van der Waals surface area contributed by atoms with Gasteiger partial charge in [0, 0.05) is 0 Å². The quantitative estimate of drug-likeness (QED) is 0.784. The highest BCUT2D eigenvalue weighted by Crippen LogP contribution is 2.24. The van der Waals surface area contributed by atoms with Crippen LogP contribution < -0.4 is 10.7 Å². The van der Waals surface area contributed by atoms with E-state index in [4.69, 9.17) is 5.14 Å². The van der Waals surface area contributed by atoms with Gasteiger partial charge in [0.1, 0.15) is 4.90 Å². The third kappa shape index (κ3) is 2.39. The Morgan fingerprint density at radius 2 is 1.86 bits per heavy atom. The third-order valence-electron chi connectivity index (χ3n) is 3.13. The zero-order valence-electron chi connectivity index (χ0n) is 11.1. The average molecular weight is 320 g/mol. The maximum absolute atomic E-state index is 12.5. The lowest BCUT2D eigenvalue weighted by molar-refractivity contribution is 0.597. The summed E-state index contributed by atoms with van der Waals surface area (Å²) in [5, 5.41) is 5.79. The second-order valence-corrected chi connectivity index (χ2v) is 7.22. The second kappa shape index (κ2) is 4.80. The molecular formula is C14H12N2O3S2. The van der Waals surface area contributed by atoms with E-state index in [0.29, 0.717) is 5.39 Å². The molecule has 0 unspecified atom stereocenters. The Kier molecular flexibility index (Phi) is 3.20. The van der Waals surface area contributed by atoms with Crippen molar-refractivity contribution in [1.29, 1.82) is 0 Å². The summed E-state index contributed by atoms with van der Waals surface area (Å²) in [6.07, 6.45) is 0. The van der Waals surface area contributed by atoms with E-state index < -0.39 is 10.0 Å². The lowest BCUT2D eigenvalue weighted by atomic mass is 10.2. The fourth-order valence-electron chi connectivity index (χ4n) is 2.16. The van der Waals surface area contributed by atoms with E-state index in [1.54, 1.807) is 24.3 Å². The summed E-state index contributed by atoms with van der Waals surface area (Å²) in [5.41, 5.74) is 1.07. The minimum Gasteiger partial charge on any atom is -0.267 e. The number of hydrogen-bond acceptors (Lipinski definition) is 4. The van der Waals surface area contributed by atoms with Crippen LogP contribution in [0.1, 0.15) is 5.56 Å². The molecule has 0 fully saturated rings. The Morgan fingerprint density at radius 1 is 1.14 bits per heavy atom. The van der Waals surface area contributed by atoms with E-state index in [9.17, 15) is 13.2 Å². The van der Waals surface area contributed by atoms with Crippen LogP contribution in [0.3, 0.4) is 0 Å². The van der Waals surface area contributed by atoms with Crippen LogP contribution in [-0.2, 0) is 10.0 Å². The maximum atomic E-state index is 12.5. The first-order valence-electron chi connectivity index (χ1n) is 6.13. The van der Waals surface area contributed by atoms with Crippen molar-refractivity contribution in [2.24, 2.45) is 5.14 Å². The predicted octanol–water partition coefficient (Wildman–Crippen LogP) is 2.01. The zero-order chi connectivity index (χ0) is 15.2. The molecule has 0 saturated carbocycles. The molecule has 1 heterocycles. The van der Waals surface area contributed by atoms with Gasteiger partial charge >= 0.3 is 0 Å². The van der Waals surface area contributed by atoms with Gasteiger partial charge in [0.25, 0.3) is 5.56 Å². The smallest absolute Gasteiger partial charge is 0.267 e. The number of aryl methyl sites for hydroxylation is 1. The van der Waals surface area contributed by atoms with Crippen molar-refractivity contribution in [2.75, 3.05) is 0 Å². The first kappa shape index (κ1) is 14.0. The Bertz CT molecular complexity index is 1000. The molecule has 2 aromatic carbocycles. The molecule has 21 heavy (non-hydrogen) atoms. The van der Waals surface area contributed by atoms with Gasteiger partial charge in [-0.3, -0.25) is 4.79 Å². The van der Waals surface area contributed by atoms with E-state index >= 15 is 0 Å². The number of benzene rings is 2. The highest BCUT2D eigenvalue weighted by molar-refractivity contribution is 7.89. The molecule has 2 N–H and O–H groups in total. The molecule has 5 nitrogen and oxygen atoms in total. The Labute approximate surface area is 125 Å². The minimum atomic E-state index is -3.90. The Morgan fingerprint density at radius 3 is 2.57 bits per heavy atom. The summed E-state index contributed by atoms with van der Waals surface area (Å²) < 4.78 is 25.5. The number of aromatic nitrogens is 1. The lowest BCUT2D eigenvalue weighted by Gasteiger charge is -2.06. The molecule has 0 amide bonds. The SMILES string of the molecule is Cc1ccc2c(=O)n(-c3ccccc3S(N)(=O)=O)sc2c1. The van der Waals surface area contributed by atoms with Gasteiger partial charge in [-0.05, 0) is 36.8 Å². The van der Waals surface area contributed by atoms with Gasteiger partial charge in [-0.25, -0.2) is 17.5 Å². The molecular weight excluding hydrogens is 308 g/mol. The molecule has 0 aliphatic heterocycles. The molecule has 1 aromatic heterocycles. The monoisotopic (exact) mass is 320 g/mol. The van der Waals surface area contributed by atoms with Crippen LogP contribution in [0.25, 0.3) is 15.8 Å². The minimum absolute atomic E-state index is 0.0598. The van der Waals surface area contributed by atoms with Crippen molar-refractivity contribution in [2.45, 2.75) is 11.8 Å². The van der Waals surface area contributed by atoms with E-state index in [0.717, 1.165) is 10.3 Å². The van der Waals surface area contributed by atoms with Gasteiger partial charge in [0.2, 0.25) is 10.0 Å². The summed E-state index contributed by atoms with van der Waals surface area (Å²) in [6.45, 7) is 1.94. The molecule has 3 rings (SSSR count). The van der Waals surface area contributed by atoms with Crippen LogP contribution in [0.5, 0.6) is 0 Å². The Balaban J connectivity index is 2.37. The summed E-state index contributed by atoms with van der Waals surface area (Å²) in [7, 11) is -3.90. The fraction of sp³-hybridized carbons (Fsp3) is 0.0714. The van der Waals surface area contributed by atoms with Gasteiger partial charge in [-0.15, -0.1) is 0 Å². The highest BCUT2D eigenvalue weighted by atomic mass is 32.2. The molecule has 0 radical (unpaired) electrons. The van der Waals surface area contributed by atoms with Crippen LogP contribution in [0.2, 0.25) is 0 Å². The number of sulfonamides is 1. The van der Waals surface area contributed by atoms with E-state index in [1.807, 2.05) is 19.1 Å². The third-order valence-corrected chi connectivity index (χ3v) is 5.17. The molecule has 0 saturated heterocycles. The van der Waals surface area contributed by atoms with E-state index in [1.165, 1.54) is 21.6 Å². The number of nitrogens with zero attached hydrogens (tertiary/aromatic N) is 1. The van der Waals surface area contributed by atoms with Crippen molar-refractivity contribution >= 4 is 31.6 Å². The van der Waals surface area contributed by atoms with Crippen molar-refractivity contribution in [3.63, 3.8) is 0 Å². The van der Waals surface area contributed by atoms with Crippen molar-refractivity contribution in [3.05, 3.63) is 58.4 Å². The maximum Gasteiger partial charge on any atom is 0.273 e. The molecule has 0 aliphatic rings. The Hall–Kier alpha value is -1.96. The normalized spacial score (nSPS) is 11.9. The number of nitrogens with two attached hydrogens (primary N) is 1. The molecule has 0 spiro atoms. The van der Waals surface area contributed by atoms with Gasteiger partial charge in [-0.2, -0.15) is 0 Å². The zero-order valence-corrected chi connectivity index (χ0v) is 12.7. The number of rotatable bonds is 2. The van der Waals surface area contributed by atoms with Crippen molar-refractivity contribution in [1.82, 2.24) is 3.96 Å². The van der Waals surface area contributed by atoms with Crippen LogP contribution in [0.15, 0.2) is 52.2 Å². The van der Waals surface area contributed by atoms with Crippen LogP contribution in [0.4, 0.5) is 0 Å². The average Bonchev–Trinajstić information content (AvgIpc) is 2.74. The number of para-hydroxylation sites is 1. The molecule has 7 heteroatoms. The largest absolute Gasteiger partial charge is 0.273 e. The lowest BCUT2D eigenvalue weighted by Crippen LogP contribution is -2.18. The molecule has 0 bridgehead atoms. The van der Waals surface area contributed by atoms with Crippen molar-refractivity contribution < 1.29 is 8.42 Å². The summed E-state index contributed by atoms with van der Waals surface area (Å²) in [5.74, 6) is 0. The van der Waals surface area contributed by atoms with E-state index in [-0.39, 0.29) is 16.1 Å². The van der Waals surface area contributed by atoms with Gasteiger partial charge in [0.15, 0.2) is 0 Å². The standard InChI is InChI=1S/C14H12N2O3S2/c1-9-6-7-10-12(8-9)20-16(14(10)17)11-4-2-3-5-13(11)21(15,18)19/h2-8H,1H3,(H2,15,18,19). The summed E-state index contributed by atoms with van der Waals surface area (Å²) in [6, 6.07) is 11.7. The van der Waals surface area contributed by atoms with Crippen LogP contribution in [0, 0.1) is 6.92 Å². The molecule has 0 atom stereocenters. The fourth-order valence-corrected chi connectivity index (χ4v) is 4.06. The van der Waals surface area contributed by atoms with Gasteiger partial charge in [0.05, 0.1) is 15.8 Å². The number of fused-ring (bicyclic) bond motifs is 1. The topological polar surface area (TPSA) is 82.2 Å².